The number of aryl methyl sites for hydroxylation is 1. The fourth-order valence-electron chi connectivity index (χ4n) is 1.65. The number of nitrogens with one attached hydrogen (secondary N) is 1. The van der Waals surface area contributed by atoms with Crippen LogP contribution in [-0.4, -0.2) is 30.4 Å². The normalized spacial score (nSPS) is 12.2. The fourth-order valence-corrected chi connectivity index (χ4v) is 1.65. The molecule has 0 aliphatic carbocycles. The first-order chi connectivity index (χ1) is 8.06. The summed E-state index contributed by atoms with van der Waals surface area (Å²) < 4.78 is 0. The zero-order valence-corrected chi connectivity index (χ0v) is 11.2. The van der Waals surface area contributed by atoms with Crippen molar-refractivity contribution in [3.8, 4) is 0 Å². The summed E-state index contributed by atoms with van der Waals surface area (Å²) in [7, 11) is 1.83. The highest BCUT2D eigenvalue weighted by atomic mass is 16.2. The zero-order valence-electron chi connectivity index (χ0n) is 11.2. The molecular formula is C14H22N2O. The molecule has 1 N–H and O–H groups in total. The van der Waals surface area contributed by atoms with Gasteiger partial charge < -0.3 is 10.2 Å². The molecule has 17 heavy (non-hydrogen) atoms. The Morgan fingerprint density at radius 2 is 2.06 bits per heavy atom. The number of likely N-dealkylation sites (N-methyl/N-ethyl adjacent to an activating group) is 1. The molecule has 0 heterocycles. The van der Waals surface area contributed by atoms with Crippen LogP contribution in [-0.2, 0) is 11.3 Å². The first-order valence-electron chi connectivity index (χ1n) is 6.09. The van der Waals surface area contributed by atoms with Gasteiger partial charge in [-0.15, -0.1) is 0 Å². The van der Waals surface area contributed by atoms with Crippen LogP contribution in [0.2, 0.25) is 0 Å². The average Bonchev–Trinajstić information content (AvgIpc) is 2.35. The minimum Gasteiger partial charge on any atom is -0.345 e. The summed E-state index contributed by atoms with van der Waals surface area (Å²) in [5, 5.41) is 3.26. The maximum absolute atomic E-state index is 11.8. The third kappa shape index (κ3) is 3.86. The molecule has 1 atom stereocenters. The molecule has 94 valence electrons. The lowest BCUT2D eigenvalue weighted by atomic mass is 10.1. The van der Waals surface area contributed by atoms with E-state index in [0.29, 0.717) is 0 Å². The molecular weight excluding hydrogens is 212 g/mol. The Hall–Kier alpha value is -1.35. The van der Waals surface area contributed by atoms with E-state index in [-0.39, 0.29) is 11.9 Å². The van der Waals surface area contributed by atoms with Crippen LogP contribution in [0.1, 0.15) is 25.0 Å². The molecule has 1 aromatic rings. The topological polar surface area (TPSA) is 32.3 Å². The van der Waals surface area contributed by atoms with E-state index in [1.54, 1.807) is 4.90 Å². The van der Waals surface area contributed by atoms with Crippen LogP contribution in [0.4, 0.5) is 0 Å². The second-order valence-electron chi connectivity index (χ2n) is 4.38. The van der Waals surface area contributed by atoms with Crippen LogP contribution in [0, 0.1) is 6.92 Å². The second-order valence-corrected chi connectivity index (χ2v) is 4.38. The molecule has 0 saturated heterocycles. The van der Waals surface area contributed by atoms with E-state index >= 15 is 0 Å². The van der Waals surface area contributed by atoms with Crippen molar-refractivity contribution in [2.75, 3.05) is 13.6 Å². The van der Waals surface area contributed by atoms with Crippen molar-refractivity contribution >= 4 is 5.91 Å². The Balaban J connectivity index is 2.51. The number of amides is 1. The standard InChI is InChI=1S/C14H22N2O/c1-5-16(4)14(17)12(3)15-10-13-9-7-6-8-11(13)2/h6-9,12,15H,5,10H2,1-4H3. The quantitative estimate of drug-likeness (QED) is 0.844. The SMILES string of the molecule is CCN(C)C(=O)C(C)NCc1ccccc1C. The molecule has 0 bridgehead atoms. The van der Waals surface area contributed by atoms with E-state index in [1.807, 2.05) is 33.0 Å². The molecule has 1 amide bonds. The largest absolute Gasteiger partial charge is 0.345 e. The van der Waals surface area contributed by atoms with Gasteiger partial charge in [-0.05, 0) is 31.9 Å². The van der Waals surface area contributed by atoms with E-state index in [2.05, 4.69) is 24.4 Å². The van der Waals surface area contributed by atoms with E-state index in [1.165, 1.54) is 11.1 Å². The van der Waals surface area contributed by atoms with Crippen molar-refractivity contribution in [2.24, 2.45) is 0 Å². The maximum Gasteiger partial charge on any atom is 0.239 e. The van der Waals surface area contributed by atoms with Crippen LogP contribution in [0.25, 0.3) is 0 Å². The summed E-state index contributed by atoms with van der Waals surface area (Å²) in [4.78, 5) is 13.6. The second kappa shape index (κ2) is 6.40. The fraction of sp³-hybridized carbons (Fsp3) is 0.500. The van der Waals surface area contributed by atoms with Gasteiger partial charge in [-0.1, -0.05) is 24.3 Å². The van der Waals surface area contributed by atoms with Gasteiger partial charge >= 0.3 is 0 Å². The molecule has 3 nitrogen and oxygen atoms in total. The van der Waals surface area contributed by atoms with Crippen molar-refractivity contribution in [2.45, 2.75) is 33.4 Å². The summed E-state index contributed by atoms with van der Waals surface area (Å²) >= 11 is 0. The molecule has 1 aromatic carbocycles. The number of hydrogen-bond donors (Lipinski definition) is 1. The first-order valence-corrected chi connectivity index (χ1v) is 6.09. The van der Waals surface area contributed by atoms with E-state index in [9.17, 15) is 4.79 Å². The predicted octanol–water partition coefficient (Wildman–Crippen LogP) is 1.95. The molecule has 1 unspecified atom stereocenters. The summed E-state index contributed by atoms with van der Waals surface area (Å²) in [5.74, 6) is 0.140. The first kappa shape index (κ1) is 13.7. The summed E-state index contributed by atoms with van der Waals surface area (Å²) in [6, 6.07) is 8.08. The van der Waals surface area contributed by atoms with Crippen molar-refractivity contribution in [1.82, 2.24) is 10.2 Å². The third-order valence-corrected chi connectivity index (χ3v) is 3.08. The summed E-state index contributed by atoms with van der Waals surface area (Å²) in [6.45, 7) is 7.45. The van der Waals surface area contributed by atoms with Crippen LogP contribution in [0.15, 0.2) is 24.3 Å². The van der Waals surface area contributed by atoms with Crippen LogP contribution in [0.3, 0.4) is 0 Å². The number of carbonyl (C=O) groups is 1. The maximum atomic E-state index is 11.8. The number of rotatable bonds is 5. The van der Waals surface area contributed by atoms with Gasteiger partial charge in [0, 0.05) is 20.1 Å². The molecule has 0 aliphatic rings. The smallest absolute Gasteiger partial charge is 0.239 e. The Kier molecular flexibility index (Phi) is 5.16. The molecule has 0 radical (unpaired) electrons. The monoisotopic (exact) mass is 234 g/mol. The molecule has 0 aliphatic heterocycles. The van der Waals surface area contributed by atoms with Gasteiger partial charge in [0.2, 0.25) is 5.91 Å². The summed E-state index contributed by atoms with van der Waals surface area (Å²) in [6.07, 6.45) is 0. The van der Waals surface area contributed by atoms with E-state index in [4.69, 9.17) is 0 Å². The van der Waals surface area contributed by atoms with Gasteiger partial charge in [0.25, 0.3) is 0 Å². The Bertz CT molecular complexity index is 376. The van der Waals surface area contributed by atoms with E-state index in [0.717, 1.165) is 13.1 Å². The lowest BCUT2D eigenvalue weighted by molar-refractivity contribution is -0.131. The van der Waals surface area contributed by atoms with Crippen LogP contribution < -0.4 is 5.32 Å². The van der Waals surface area contributed by atoms with Crippen molar-refractivity contribution < 1.29 is 4.79 Å². The molecule has 3 heteroatoms. The van der Waals surface area contributed by atoms with Gasteiger partial charge in [0.15, 0.2) is 0 Å². The Labute approximate surface area is 104 Å². The van der Waals surface area contributed by atoms with Crippen LogP contribution in [0.5, 0.6) is 0 Å². The lowest BCUT2D eigenvalue weighted by Gasteiger charge is -2.21. The lowest BCUT2D eigenvalue weighted by Crippen LogP contribution is -2.42. The Morgan fingerprint density at radius 3 is 2.65 bits per heavy atom. The van der Waals surface area contributed by atoms with Gasteiger partial charge in [0.05, 0.1) is 6.04 Å². The number of nitrogens with zero attached hydrogens (tertiary/aromatic N) is 1. The van der Waals surface area contributed by atoms with Crippen molar-refractivity contribution in [1.29, 1.82) is 0 Å². The van der Waals surface area contributed by atoms with Gasteiger partial charge in [-0.3, -0.25) is 4.79 Å². The van der Waals surface area contributed by atoms with Crippen molar-refractivity contribution in [3.05, 3.63) is 35.4 Å². The molecule has 0 aromatic heterocycles. The highest BCUT2D eigenvalue weighted by Gasteiger charge is 2.15. The minimum absolute atomic E-state index is 0.139. The van der Waals surface area contributed by atoms with Gasteiger partial charge in [-0.25, -0.2) is 0 Å². The molecule has 0 fully saturated rings. The number of carbonyl (C=O) groups excluding carboxylic acids is 1. The Morgan fingerprint density at radius 1 is 1.41 bits per heavy atom. The third-order valence-electron chi connectivity index (χ3n) is 3.08. The highest BCUT2D eigenvalue weighted by molar-refractivity contribution is 5.81. The van der Waals surface area contributed by atoms with Gasteiger partial charge in [0.1, 0.15) is 0 Å². The predicted molar refractivity (Wildman–Crippen MR) is 70.8 cm³/mol. The van der Waals surface area contributed by atoms with Crippen molar-refractivity contribution in [3.63, 3.8) is 0 Å². The minimum atomic E-state index is -0.139. The van der Waals surface area contributed by atoms with Crippen LogP contribution >= 0.6 is 0 Å². The number of benzene rings is 1. The summed E-state index contributed by atoms with van der Waals surface area (Å²) in [5.41, 5.74) is 2.50. The molecule has 0 spiro atoms. The average molecular weight is 234 g/mol. The highest BCUT2D eigenvalue weighted by Crippen LogP contribution is 2.06. The zero-order chi connectivity index (χ0) is 12.8. The molecule has 1 rings (SSSR count). The molecule has 0 saturated carbocycles. The number of hydrogen-bond acceptors (Lipinski definition) is 2. The van der Waals surface area contributed by atoms with E-state index < -0.39 is 0 Å². The van der Waals surface area contributed by atoms with Gasteiger partial charge in [-0.2, -0.15) is 0 Å².